The van der Waals surface area contributed by atoms with Crippen molar-refractivity contribution in [2.24, 2.45) is 0 Å². The van der Waals surface area contributed by atoms with Gasteiger partial charge in [0.15, 0.2) is 0 Å². The van der Waals surface area contributed by atoms with Crippen LogP contribution in [-0.2, 0) is 11.2 Å². The van der Waals surface area contributed by atoms with Crippen molar-refractivity contribution in [3.8, 4) is 0 Å². The Hall–Kier alpha value is -1.73. The summed E-state index contributed by atoms with van der Waals surface area (Å²) < 4.78 is 0. The van der Waals surface area contributed by atoms with Crippen molar-refractivity contribution in [2.75, 3.05) is 19.6 Å². The van der Waals surface area contributed by atoms with Crippen LogP contribution < -0.4 is 10.9 Å². The van der Waals surface area contributed by atoms with Crippen molar-refractivity contribution in [2.45, 2.75) is 39.7 Å². The molecule has 2 aromatic rings. The average Bonchev–Trinajstić information content (AvgIpc) is 2.80. The molecule has 0 spiro atoms. The van der Waals surface area contributed by atoms with Gasteiger partial charge in [0.2, 0.25) is 5.91 Å². The molecule has 1 fully saturated rings. The lowest BCUT2D eigenvalue weighted by Gasteiger charge is -2.34. The van der Waals surface area contributed by atoms with Gasteiger partial charge in [0.1, 0.15) is 10.7 Å². The van der Waals surface area contributed by atoms with Gasteiger partial charge in [0, 0.05) is 43.4 Å². The highest BCUT2D eigenvalue weighted by Gasteiger charge is 2.22. The molecule has 1 atom stereocenters. The van der Waals surface area contributed by atoms with Crippen LogP contribution in [0.1, 0.15) is 29.6 Å². The molecular formula is C16H22N4O2S. The zero-order valence-electron chi connectivity index (χ0n) is 13.7. The standard InChI is InChI=1S/C16H22N4O2S/c1-9-8-17-6-7-20(9)13(21)5-4-12-18-15(22)14-10(2)11(3)23-16(14)19-12/h9,17H,4-8H2,1-3H3,(H,18,19,22)/t9-/m0/s1. The Labute approximate surface area is 138 Å². The summed E-state index contributed by atoms with van der Waals surface area (Å²) in [6, 6.07) is 0.216. The van der Waals surface area contributed by atoms with Gasteiger partial charge in [-0.05, 0) is 26.3 Å². The summed E-state index contributed by atoms with van der Waals surface area (Å²) in [5.41, 5.74) is 0.894. The van der Waals surface area contributed by atoms with E-state index >= 15 is 0 Å². The van der Waals surface area contributed by atoms with E-state index < -0.39 is 0 Å². The van der Waals surface area contributed by atoms with Crippen molar-refractivity contribution in [1.29, 1.82) is 0 Å². The first-order valence-corrected chi connectivity index (χ1v) is 8.78. The number of aromatic nitrogens is 2. The Morgan fingerprint density at radius 2 is 2.22 bits per heavy atom. The summed E-state index contributed by atoms with van der Waals surface area (Å²) >= 11 is 1.54. The first-order valence-electron chi connectivity index (χ1n) is 7.96. The minimum absolute atomic E-state index is 0.102. The molecule has 1 amide bonds. The number of aryl methyl sites for hydroxylation is 3. The molecule has 23 heavy (non-hydrogen) atoms. The summed E-state index contributed by atoms with van der Waals surface area (Å²) in [5, 5.41) is 3.95. The molecule has 3 heterocycles. The molecule has 0 aromatic carbocycles. The Morgan fingerprint density at radius 1 is 1.43 bits per heavy atom. The Kier molecular flexibility index (Phi) is 4.50. The van der Waals surface area contributed by atoms with Crippen LogP contribution in [0.4, 0.5) is 0 Å². The van der Waals surface area contributed by atoms with E-state index in [1.807, 2.05) is 25.7 Å². The molecule has 0 saturated carbocycles. The number of fused-ring (bicyclic) bond motifs is 1. The predicted molar refractivity (Wildman–Crippen MR) is 92.1 cm³/mol. The van der Waals surface area contributed by atoms with E-state index in [9.17, 15) is 9.59 Å². The average molecular weight is 334 g/mol. The van der Waals surface area contributed by atoms with Gasteiger partial charge in [-0.2, -0.15) is 0 Å². The Morgan fingerprint density at radius 3 is 2.96 bits per heavy atom. The number of carbonyl (C=O) groups is 1. The number of carbonyl (C=O) groups excluding carboxylic acids is 1. The number of hydrogen-bond acceptors (Lipinski definition) is 5. The fourth-order valence-corrected chi connectivity index (χ4v) is 4.05. The molecule has 0 radical (unpaired) electrons. The highest BCUT2D eigenvalue weighted by atomic mass is 32.1. The lowest BCUT2D eigenvalue weighted by molar-refractivity contribution is -0.133. The fourth-order valence-electron chi connectivity index (χ4n) is 3.00. The van der Waals surface area contributed by atoms with E-state index in [0.29, 0.717) is 24.1 Å². The molecule has 7 heteroatoms. The van der Waals surface area contributed by atoms with E-state index in [-0.39, 0.29) is 17.5 Å². The number of piperazine rings is 1. The van der Waals surface area contributed by atoms with Crippen molar-refractivity contribution in [3.05, 3.63) is 26.6 Å². The summed E-state index contributed by atoms with van der Waals surface area (Å²) in [7, 11) is 0. The number of nitrogens with zero attached hydrogens (tertiary/aromatic N) is 2. The predicted octanol–water partition coefficient (Wildman–Crippen LogP) is 1.35. The molecule has 6 nitrogen and oxygen atoms in total. The molecule has 1 aliphatic heterocycles. The quantitative estimate of drug-likeness (QED) is 0.888. The number of hydrogen-bond donors (Lipinski definition) is 2. The third-order valence-electron chi connectivity index (χ3n) is 4.49. The smallest absolute Gasteiger partial charge is 0.259 e. The van der Waals surface area contributed by atoms with Gasteiger partial charge < -0.3 is 15.2 Å². The third-order valence-corrected chi connectivity index (χ3v) is 5.59. The van der Waals surface area contributed by atoms with E-state index in [2.05, 4.69) is 15.3 Å². The van der Waals surface area contributed by atoms with Gasteiger partial charge in [-0.25, -0.2) is 4.98 Å². The number of H-pyrrole nitrogens is 1. The second kappa shape index (κ2) is 6.41. The van der Waals surface area contributed by atoms with Crippen LogP contribution >= 0.6 is 11.3 Å². The lowest BCUT2D eigenvalue weighted by Crippen LogP contribution is -2.52. The number of aromatic amines is 1. The largest absolute Gasteiger partial charge is 0.337 e. The minimum atomic E-state index is -0.102. The molecular weight excluding hydrogens is 312 g/mol. The van der Waals surface area contributed by atoms with Gasteiger partial charge >= 0.3 is 0 Å². The summed E-state index contributed by atoms with van der Waals surface area (Å²) in [6.07, 6.45) is 0.846. The fraction of sp³-hybridized carbons (Fsp3) is 0.562. The maximum absolute atomic E-state index is 12.4. The highest BCUT2D eigenvalue weighted by Crippen LogP contribution is 2.25. The van der Waals surface area contributed by atoms with Gasteiger partial charge in [0.25, 0.3) is 5.56 Å². The molecule has 0 bridgehead atoms. The van der Waals surface area contributed by atoms with Crippen molar-refractivity contribution < 1.29 is 4.79 Å². The van der Waals surface area contributed by atoms with Crippen molar-refractivity contribution >= 4 is 27.5 Å². The van der Waals surface area contributed by atoms with Gasteiger partial charge in [-0.15, -0.1) is 11.3 Å². The van der Waals surface area contributed by atoms with E-state index in [1.54, 1.807) is 0 Å². The van der Waals surface area contributed by atoms with E-state index in [4.69, 9.17) is 0 Å². The number of rotatable bonds is 3. The number of amides is 1. The van der Waals surface area contributed by atoms with E-state index in [0.717, 1.165) is 34.9 Å². The second-order valence-electron chi connectivity index (χ2n) is 6.12. The molecule has 1 saturated heterocycles. The van der Waals surface area contributed by atoms with Crippen LogP contribution in [0, 0.1) is 13.8 Å². The molecule has 1 aliphatic rings. The second-order valence-corrected chi connectivity index (χ2v) is 7.32. The zero-order valence-corrected chi connectivity index (χ0v) is 14.5. The molecule has 0 aliphatic carbocycles. The first kappa shape index (κ1) is 16.1. The lowest BCUT2D eigenvalue weighted by atomic mass is 10.1. The van der Waals surface area contributed by atoms with Crippen LogP contribution in [0.15, 0.2) is 4.79 Å². The highest BCUT2D eigenvalue weighted by molar-refractivity contribution is 7.18. The third kappa shape index (κ3) is 3.16. The normalized spacial score (nSPS) is 18.6. The maximum Gasteiger partial charge on any atom is 0.259 e. The van der Waals surface area contributed by atoms with Gasteiger partial charge in [-0.1, -0.05) is 0 Å². The van der Waals surface area contributed by atoms with Gasteiger partial charge in [-0.3, -0.25) is 9.59 Å². The van der Waals surface area contributed by atoms with Crippen LogP contribution in [0.2, 0.25) is 0 Å². The summed E-state index contributed by atoms with van der Waals surface area (Å²) in [5.74, 6) is 0.722. The van der Waals surface area contributed by atoms with Gasteiger partial charge in [0.05, 0.1) is 5.39 Å². The van der Waals surface area contributed by atoms with Crippen LogP contribution in [-0.4, -0.2) is 46.5 Å². The van der Waals surface area contributed by atoms with Crippen LogP contribution in [0.5, 0.6) is 0 Å². The van der Waals surface area contributed by atoms with Crippen LogP contribution in [0.25, 0.3) is 10.2 Å². The molecule has 0 unspecified atom stereocenters. The summed E-state index contributed by atoms with van der Waals surface area (Å²) in [4.78, 5) is 35.8. The monoisotopic (exact) mass is 334 g/mol. The van der Waals surface area contributed by atoms with E-state index in [1.165, 1.54) is 11.3 Å². The molecule has 2 aromatic heterocycles. The number of nitrogens with one attached hydrogen (secondary N) is 2. The van der Waals surface area contributed by atoms with Crippen molar-refractivity contribution in [1.82, 2.24) is 20.2 Å². The Bertz CT molecular complexity index is 795. The first-order chi connectivity index (χ1) is 11.0. The topological polar surface area (TPSA) is 78.1 Å². The molecule has 124 valence electrons. The molecule has 3 rings (SSSR count). The zero-order chi connectivity index (χ0) is 16.6. The maximum atomic E-state index is 12.4. The summed E-state index contributed by atoms with van der Waals surface area (Å²) in [6.45, 7) is 8.40. The van der Waals surface area contributed by atoms with Crippen LogP contribution in [0.3, 0.4) is 0 Å². The Balaban J connectivity index is 1.74. The van der Waals surface area contributed by atoms with Crippen molar-refractivity contribution in [3.63, 3.8) is 0 Å². The minimum Gasteiger partial charge on any atom is -0.337 e. The molecule has 2 N–H and O–H groups in total. The number of thiophene rings is 1. The SMILES string of the molecule is Cc1sc2nc(CCC(=O)N3CCNC[C@@H]3C)[nH]c(=O)c2c1C.